The van der Waals surface area contributed by atoms with Crippen LogP contribution in [0.2, 0.25) is 0 Å². The monoisotopic (exact) mass is 393 g/mol. The molecule has 7 heteroatoms. The number of fused-ring (bicyclic) bond motifs is 1. The number of ether oxygens (including phenoxy) is 2. The van der Waals surface area contributed by atoms with Crippen LogP contribution in [0.5, 0.6) is 5.75 Å². The summed E-state index contributed by atoms with van der Waals surface area (Å²) >= 11 is 0. The number of carbonyl (C=O) groups is 1. The lowest BCUT2D eigenvalue weighted by Crippen LogP contribution is -2.34. The molecule has 1 atom stereocenters. The third-order valence-corrected chi connectivity index (χ3v) is 4.71. The van der Waals surface area contributed by atoms with E-state index in [-0.39, 0.29) is 17.8 Å². The molecular weight excluding hydrogens is 370 g/mol. The Morgan fingerprint density at radius 2 is 2.00 bits per heavy atom. The highest BCUT2D eigenvalue weighted by Crippen LogP contribution is 2.37. The Bertz CT molecular complexity index is 1020. The number of benzene rings is 1. The molecule has 1 aliphatic rings. The molecule has 0 fully saturated rings. The van der Waals surface area contributed by atoms with Gasteiger partial charge in [0.2, 0.25) is 0 Å². The Morgan fingerprint density at radius 1 is 1.21 bits per heavy atom. The number of rotatable bonds is 6. The van der Waals surface area contributed by atoms with Gasteiger partial charge in [-0.1, -0.05) is 12.1 Å². The van der Waals surface area contributed by atoms with E-state index in [0.717, 1.165) is 28.3 Å². The van der Waals surface area contributed by atoms with Gasteiger partial charge in [0, 0.05) is 24.9 Å². The standard InChI is InChI=1S/C22H23N3O4/c1-13-9-14(2)25-21(24-13)18-6-4-5-15-10-17(29-20(15)18)11-23-22(26)19-8-7-16(28-19)12-27-3/h4-9,17H,10-12H2,1-3H3,(H,23,26). The molecule has 0 radical (unpaired) electrons. The molecule has 0 saturated carbocycles. The third-order valence-electron chi connectivity index (χ3n) is 4.71. The van der Waals surface area contributed by atoms with Gasteiger partial charge < -0.3 is 19.2 Å². The quantitative estimate of drug-likeness (QED) is 0.692. The molecule has 1 N–H and O–H groups in total. The normalized spacial score (nSPS) is 15.1. The zero-order valence-corrected chi connectivity index (χ0v) is 16.7. The second-order valence-corrected chi connectivity index (χ2v) is 7.12. The van der Waals surface area contributed by atoms with E-state index >= 15 is 0 Å². The lowest BCUT2D eigenvalue weighted by atomic mass is 10.1. The minimum absolute atomic E-state index is 0.158. The SMILES string of the molecule is COCc1ccc(C(=O)NCC2Cc3cccc(-c4nc(C)cc(C)n4)c3O2)o1. The first-order valence-corrected chi connectivity index (χ1v) is 9.50. The number of hydrogen-bond donors (Lipinski definition) is 1. The summed E-state index contributed by atoms with van der Waals surface area (Å²) in [5.41, 5.74) is 3.79. The summed E-state index contributed by atoms with van der Waals surface area (Å²) in [6.07, 6.45) is 0.552. The number of nitrogens with zero attached hydrogens (tertiary/aromatic N) is 2. The van der Waals surface area contributed by atoms with Crippen LogP contribution in [0.25, 0.3) is 11.4 Å². The predicted octanol–water partition coefficient (Wildman–Crippen LogP) is 3.23. The number of amides is 1. The molecule has 3 heterocycles. The van der Waals surface area contributed by atoms with Crippen molar-refractivity contribution in [1.82, 2.24) is 15.3 Å². The van der Waals surface area contributed by atoms with Crippen LogP contribution in [0.15, 0.2) is 40.8 Å². The minimum atomic E-state index is -0.273. The third kappa shape index (κ3) is 4.14. The van der Waals surface area contributed by atoms with Crippen molar-refractivity contribution in [2.75, 3.05) is 13.7 Å². The maximum atomic E-state index is 12.3. The highest BCUT2D eigenvalue weighted by Gasteiger charge is 2.27. The largest absolute Gasteiger partial charge is 0.487 e. The zero-order valence-electron chi connectivity index (χ0n) is 16.7. The number of aryl methyl sites for hydroxylation is 2. The first kappa shape index (κ1) is 19.1. The Kier molecular flexibility index (Phi) is 5.31. The number of aromatic nitrogens is 2. The van der Waals surface area contributed by atoms with Crippen molar-refractivity contribution in [1.29, 1.82) is 0 Å². The fourth-order valence-corrected chi connectivity index (χ4v) is 3.49. The Labute approximate surface area is 169 Å². The van der Waals surface area contributed by atoms with Crippen molar-refractivity contribution in [3.8, 4) is 17.1 Å². The van der Waals surface area contributed by atoms with Gasteiger partial charge in [0.05, 0.1) is 12.1 Å². The van der Waals surface area contributed by atoms with Crippen LogP contribution in [0.3, 0.4) is 0 Å². The highest BCUT2D eigenvalue weighted by atomic mass is 16.5. The summed E-state index contributed by atoms with van der Waals surface area (Å²) in [6, 6.07) is 11.3. The van der Waals surface area contributed by atoms with Crippen molar-refractivity contribution < 1.29 is 18.7 Å². The molecular formula is C22H23N3O4. The average Bonchev–Trinajstić information content (AvgIpc) is 3.32. The van der Waals surface area contributed by atoms with Crippen molar-refractivity contribution in [3.05, 3.63) is 64.9 Å². The van der Waals surface area contributed by atoms with Gasteiger partial charge in [-0.15, -0.1) is 0 Å². The fourth-order valence-electron chi connectivity index (χ4n) is 3.49. The zero-order chi connectivity index (χ0) is 20.4. The van der Waals surface area contributed by atoms with Crippen molar-refractivity contribution in [3.63, 3.8) is 0 Å². The maximum absolute atomic E-state index is 12.3. The summed E-state index contributed by atoms with van der Waals surface area (Å²) in [4.78, 5) is 21.4. The number of para-hydroxylation sites is 1. The van der Waals surface area contributed by atoms with Crippen molar-refractivity contribution >= 4 is 5.91 Å². The van der Waals surface area contributed by atoms with Gasteiger partial charge in [0.15, 0.2) is 11.6 Å². The summed E-state index contributed by atoms with van der Waals surface area (Å²) in [6.45, 7) is 4.61. The van der Waals surface area contributed by atoms with Crippen LogP contribution in [0.4, 0.5) is 0 Å². The number of methoxy groups -OCH3 is 1. The first-order chi connectivity index (χ1) is 14.0. The summed E-state index contributed by atoms with van der Waals surface area (Å²) in [5.74, 6) is 2.05. The second-order valence-electron chi connectivity index (χ2n) is 7.12. The van der Waals surface area contributed by atoms with Gasteiger partial charge >= 0.3 is 0 Å². The van der Waals surface area contributed by atoms with Gasteiger partial charge in [0.1, 0.15) is 24.2 Å². The van der Waals surface area contributed by atoms with Gasteiger partial charge in [-0.25, -0.2) is 9.97 Å². The summed E-state index contributed by atoms with van der Waals surface area (Å²) in [7, 11) is 1.58. The first-order valence-electron chi connectivity index (χ1n) is 9.50. The number of nitrogens with one attached hydrogen (secondary N) is 1. The topological polar surface area (TPSA) is 86.5 Å². The lowest BCUT2D eigenvalue weighted by Gasteiger charge is -2.13. The van der Waals surface area contributed by atoms with E-state index in [4.69, 9.17) is 13.9 Å². The fraction of sp³-hybridized carbons (Fsp3) is 0.318. The van der Waals surface area contributed by atoms with E-state index in [1.807, 2.05) is 38.1 Å². The maximum Gasteiger partial charge on any atom is 0.287 e. The molecule has 1 aliphatic heterocycles. The summed E-state index contributed by atoms with van der Waals surface area (Å²) in [5, 5.41) is 2.88. The smallest absolute Gasteiger partial charge is 0.287 e. The van der Waals surface area contributed by atoms with Gasteiger partial charge in [-0.2, -0.15) is 0 Å². The molecule has 1 unspecified atom stereocenters. The van der Waals surface area contributed by atoms with E-state index in [1.54, 1.807) is 19.2 Å². The number of hydrogen-bond acceptors (Lipinski definition) is 6. The highest BCUT2D eigenvalue weighted by molar-refractivity contribution is 5.91. The van der Waals surface area contributed by atoms with Gasteiger partial charge in [-0.3, -0.25) is 4.79 Å². The molecule has 4 rings (SSSR count). The second kappa shape index (κ2) is 8.05. The molecule has 0 spiro atoms. The average molecular weight is 393 g/mol. The van der Waals surface area contributed by atoms with E-state index in [9.17, 15) is 4.79 Å². The molecule has 1 aromatic carbocycles. The van der Waals surface area contributed by atoms with Crippen LogP contribution in [0, 0.1) is 13.8 Å². The molecule has 1 amide bonds. The molecule has 0 aliphatic carbocycles. The summed E-state index contributed by atoms with van der Waals surface area (Å²) < 4.78 is 16.6. The van der Waals surface area contributed by atoms with Crippen LogP contribution in [-0.2, 0) is 17.8 Å². The van der Waals surface area contributed by atoms with Gasteiger partial charge in [0.25, 0.3) is 5.91 Å². The Hall–Kier alpha value is -3.19. The van der Waals surface area contributed by atoms with Gasteiger partial charge in [-0.05, 0) is 43.7 Å². The van der Waals surface area contributed by atoms with Crippen LogP contribution in [-0.4, -0.2) is 35.6 Å². The minimum Gasteiger partial charge on any atom is -0.487 e. The molecule has 150 valence electrons. The van der Waals surface area contributed by atoms with Crippen molar-refractivity contribution in [2.45, 2.75) is 33.0 Å². The van der Waals surface area contributed by atoms with Crippen molar-refractivity contribution in [2.24, 2.45) is 0 Å². The number of furan rings is 1. The van der Waals surface area contributed by atoms with E-state index in [0.29, 0.717) is 31.2 Å². The molecule has 0 saturated heterocycles. The van der Waals surface area contributed by atoms with E-state index in [2.05, 4.69) is 15.3 Å². The van der Waals surface area contributed by atoms with E-state index in [1.165, 1.54) is 0 Å². The predicted molar refractivity (Wildman–Crippen MR) is 107 cm³/mol. The van der Waals surface area contributed by atoms with Crippen LogP contribution >= 0.6 is 0 Å². The molecule has 2 aromatic heterocycles. The Morgan fingerprint density at radius 3 is 2.76 bits per heavy atom. The lowest BCUT2D eigenvalue weighted by molar-refractivity contribution is 0.0897. The Balaban J connectivity index is 1.44. The number of carbonyl (C=O) groups excluding carboxylic acids is 1. The van der Waals surface area contributed by atoms with Crippen LogP contribution < -0.4 is 10.1 Å². The van der Waals surface area contributed by atoms with Crippen LogP contribution in [0.1, 0.15) is 33.3 Å². The molecule has 3 aromatic rings. The van der Waals surface area contributed by atoms with E-state index < -0.39 is 0 Å². The molecule has 0 bridgehead atoms. The molecule has 7 nitrogen and oxygen atoms in total. The molecule has 29 heavy (non-hydrogen) atoms.